The van der Waals surface area contributed by atoms with Crippen LogP contribution in [0.25, 0.3) is 0 Å². The van der Waals surface area contributed by atoms with E-state index in [0.29, 0.717) is 5.92 Å². The standard InChI is InChI=1S/C15H19F2NO/c1-9(14-11(16)3-2-4-12(14)17)18-13-7-8-19-15(13)10-5-6-10/h2-4,9-10,13,15,18H,5-8H2,1H3. The highest BCUT2D eigenvalue weighted by molar-refractivity contribution is 5.23. The van der Waals surface area contributed by atoms with Crippen molar-refractivity contribution >= 4 is 0 Å². The van der Waals surface area contributed by atoms with Crippen LogP contribution in [0.3, 0.4) is 0 Å². The molecule has 1 aliphatic carbocycles. The first-order valence-electron chi connectivity index (χ1n) is 6.98. The molecule has 1 saturated heterocycles. The molecule has 0 bridgehead atoms. The van der Waals surface area contributed by atoms with Gasteiger partial charge in [0.2, 0.25) is 0 Å². The smallest absolute Gasteiger partial charge is 0.130 e. The molecule has 1 aromatic rings. The van der Waals surface area contributed by atoms with E-state index in [1.54, 1.807) is 0 Å². The highest BCUT2D eigenvalue weighted by Gasteiger charge is 2.41. The van der Waals surface area contributed by atoms with Crippen LogP contribution in [-0.2, 0) is 4.74 Å². The summed E-state index contributed by atoms with van der Waals surface area (Å²) in [5.41, 5.74) is 0.129. The monoisotopic (exact) mass is 267 g/mol. The summed E-state index contributed by atoms with van der Waals surface area (Å²) >= 11 is 0. The second kappa shape index (κ2) is 5.17. The molecular weight excluding hydrogens is 248 g/mol. The Morgan fingerprint density at radius 1 is 1.21 bits per heavy atom. The van der Waals surface area contributed by atoms with E-state index in [1.165, 1.54) is 31.0 Å². The molecule has 2 aliphatic rings. The molecular formula is C15H19F2NO. The van der Waals surface area contributed by atoms with Crippen LogP contribution in [0.1, 0.15) is 37.8 Å². The summed E-state index contributed by atoms with van der Waals surface area (Å²) in [4.78, 5) is 0. The van der Waals surface area contributed by atoms with Gasteiger partial charge in [0.15, 0.2) is 0 Å². The van der Waals surface area contributed by atoms with E-state index >= 15 is 0 Å². The molecule has 19 heavy (non-hydrogen) atoms. The van der Waals surface area contributed by atoms with Gasteiger partial charge in [-0.25, -0.2) is 8.78 Å². The van der Waals surface area contributed by atoms with Crippen LogP contribution in [0.4, 0.5) is 8.78 Å². The molecule has 0 spiro atoms. The van der Waals surface area contributed by atoms with Crippen molar-refractivity contribution in [2.75, 3.05) is 6.61 Å². The van der Waals surface area contributed by atoms with Gasteiger partial charge >= 0.3 is 0 Å². The van der Waals surface area contributed by atoms with Gasteiger partial charge in [0, 0.05) is 24.3 Å². The Balaban J connectivity index is 1.72. The zero-order chi connectivity index (χ0) is 13.4. The molecule has 3 rings (SSSR count). The van der Waals surface area contributed by atoms with Crippen molar-refractivity contribution in [3.05, 3.63) is 35.4 Å². The molecule has 0 amide bonds. The molecule has 1 N–H and O–H groups in total. The minimum absolute atomic E-state index is 0.129. The lowest BCUT2D eigenvalue weighted by molar-refractivity contribution is 0.0791. The maximum atomic E-state index is 13.7. The van der Waals surface area contributed by atoms with Gasteiger partial charge in [-0.05, 0) is 44.2 Å². The van der Waals surface area contributed by atoms with E-state index in [9.17, 15) is 8.78 Å². The molecule has 1 aromatic carbocycles. The third-order valence-corrected chi connectivity index (χ3v) is 4.12. The fourth-order valence-electron chi connectivity index (χ4n) is 3.01. The molecule has 3 unspecified atom stereocenters. The second-order valence-electron chi connectivity index (χ2n) is 5.59. The van der Waals surface area contributed by atoms with Crippen LogP contribution in [0.2, 0.25) is 0 Å². The Morgan fingerprint density at radius 3 is 2.53 bits per heavy atom. The van der Waals surface area contributed by atoms with E-state index in [0.717, 1.165) is 13.0 Å². The fraction of sp³-hybridized carbons (Fsp3) is 0.600. The van der Waals surface area contributed by atoms with E-state index < -0.39 is 11.6 Å². The number of nitrogens with one attached hydrogen (secondary N) is 1. The average molecular weight is 267 g/mol. The normalized spacial score (nSPS) is 28.6. The molecule has 104 valence electrons. The molecule has 4 heteroatoms. The summed E-state index contributed by atoms with van der Waals surface area (Å²) in [5.74, 6) is -0.332. The lowest BCUT2D eigenvalue weighted by Crippen LogP contribution is -2.39. The predicted molar refractivity (Wildman–Crippen MR) is 68.8 cm³/mol. The van der Waals surface area contributed by atoms with Crippen molar-refractivity contribution in [3.63, 3.8) is 0 Å². The van der Waals surface area contributed by atoms with Gasteiger partial charge in [-0.2, -0.15) is 0 Å². The molecule has 1 heterocycles. The third-order valence-electron chi connectivity index (χ3n) is 4.12. The van der Waals surface area contributed by atoms with Gasteiger partial charge in [0.05, 0.1) is 6.10 Å². The predicted octanol–water partition coefficient (Wildman–Crippen LogP) is 3.18. The molecule has 2 nitrogen and oxygen atoms in total. The van der Waals surface area contributed by atoms with Gasteiger partial charge in [-0.3, -0.25) is 0 Å². The van der Waals surface area contributed by atoms with Crippen LogP contribution in [0, 0.1) is 17.6 Å². The van der Waals surface area contributed by atoms with Crippen LogP contribution in [0.15, 0.2) is 18.2 Å². The quantitative estimate of drug-likeness (QED) is 0.904. The molecule has 1 saturated carbocycles. The zero-order valence-corrected chi connectivity index (χ0v) is 11.0. The Kier molecular flexibility index (Phi) is 3.54. The van der Waals surface area contributed by atoms with Gasteiger partial charge in [0.1, 0.15) is 11.6 Å². The van der Waals surface area contributed by atoms with Crippen LogP contribution in [0.5, 0.6) is 0 Å². The SMILES string of the molecule is CC(NC1CCOC1C1CC1)c1c(F)cccc1F. The summed E-state index contributed by atoms with van der Waals surface area (Å²) in [6.07, 6.45) is 3.57. The third kappa shape index (κ3) is 2.65. The molecule has 2 fully saturated rings. The maximum Gasteiger partial charge on any atom is 0.130 e. The summed E-state index contributed by atoms with van der Waals surface area (Å²) < 4.78 is 33.2. The number of hydrogen-bond donors (Lipinski definition) is 1. The lowest BCUT2D eigenvalue weighted by Gasteiger charge is -2.24. The highest BCUT2D eigenvalue weighted by atomic mass is 19.1. The Hall–Kier alpha value is -1.00. The van der Waals surface area contributed by atoms with Gasteiger partial charge < -0.3 is 10.1 Å². The first-order valence-corrected chi connectivity index (χ1v) is 6.98. The van der Waals surface area contributed by atoms with E-state index in [2.05, 4.69) is 5.32 Å². The second-order valence-corrected chi connectivity index (χ2v) is 5.59. The summed E-state index contributed by atoms with van der Waals surface area (Å²) in [7, 11) is 0. The summed E-state index contributed by atoms with van der Waals surface area (Å²) in [6, 6.07) is 3.88. The van der Waals surface area contributed by atoms with E-state index in [1.807, 2.05) is 6.92 Å². The fourth-order valence-corrected chi connectivity index (χ4v) is 3.01. The van der Waals surface area contributed by atoms with Crippen molar-refractivity contribution in [2.45, 2.75) is 44.4 Å². The van der Waals surface area contributed by atoms with Crippen molar-refractivity contribution in [2.24, 2.45) is 5.92 Å². The number of hydrogen-bond acceptors (Lipinski definition) is 2. The average Bonchev–Trinajstić information content (AvgIpc) is 3.10. The summed E-state index contributed by atoms with van der Waals surface area (Å²) in [6.45, 7) is 2.55. The number of ether oxygens (including phenoxy) is 1. The van der Waals surface area contributed by atoms with E-state index in [-0.39, 0.29) is 23.8 Å². The van der Waals surface area contributed by atoms with Crippen LogP contribution < -0.4 is 5.32 Å². The van der Waals surface area contributed by atoms with Gasteiger partial charge in [-0.15, -0.1) is 0 Å². The topological polar surface area (TPSA) is 21.3 Å². The van der Waals surface area contributed by atoms with Crippen molar-refractivity contribution in [1.29, 1.82) is 0 Å². The molecule has 3 atom stereocenters. The minimum atomic E-state index is -0.484. The largest absolute Gasteiger partial charge is 0.376 e. The number of rotatable bonds is 4. The van der Waals surface area contributed by atoms with E-state index in [4.69, 9.17) is 4.74 Å². The first kappa shape index (κ1) is 13.0. The Labute approximate surface area is 112 Å². The van der Waals surface area contributed by atoms with Crippen molar-refractivity contribution in [1.82, 2.24) is 5.32 Å². The van der Waals surface area contributed by atoms with Crippen molar-refractivity contribution < 1.29 is 13.5 Å². The maximum absolute atomic E-state index is 13.7. The van der Waals surface area contributed by atoms with Crippen LogP contribution in [-0.4, -0.2) is 18.8 Å². The molecule has 0 aromatic heterocycles. The minimum Gasteiger partial charge on any atom is -0.376 e. The van der Waals surface area contributed by atoms with Crippen molar-refractivity contribution in [3.8, 4) is 0 Å². The highest BCUT2D eigenvalue weighted by Crippen LogP contribution is 2.39. The molecule has 1 aliphatic heterocycles. The zero-order valence-electron chi connectivity index (χ0n) is 11.0. The number of halogens is 2. The molecule has 0 radical (unpaired) electrons. The van der Waals surface area contributed by atoms with Crippen LogP contribution >= 0.6 is 0 Å². The summed E-state index contributed by atoms with van der Waals surface area (Å²) in [5, 5.41) is 3.34. The van der Waals surface area contributed by atoms with Gasteiger partial charge in [-0.1, -0.05) is 6.07 Å². The number of benzene rings is 1. The Morgan fingerprint density at radius 2 is 1.89 bits per heavy atom. The van der Waals surface area contributed by atoms with Gasteiger partial charge in [0.25, 0.3) is 0 Å². The Bertz CT molecular complexity index is 441. The first-order chi connectivity index (χ1) is 9.16. The lowest BCUT2D eigenvalue weighted by atomic mass is 10.0.